The van der Waals surface area contributed by atoms with Crippen LogP contribution >= 0.6 is 0 Å². The number of aliphatic hydroxyl groups excluding tert-OH is 1. The topological polar surface area (TPSA) is 84.2 Å². The van der Waals surface area contributed by atoms with Gasteiger partial charge in [0.15, 0.2) is 0 Å². The van der Waals surface area contributed by atoms with E-state index < -0.39 is 17.6 Å². The molecule has 6 heteroatoms. The molecule has 0 saturated heterocycles. The van der Waals surface area contributed by atoms with Crippen LogP contribution in [0.2, 0.25) is 0 Å². The fourth-order valence-corrected chi connectivity index (χ4v) is 1.50. The Labute approximate surface area is 118 Å². The van der Waals surface area contributed by atoms with Crippen molar-refractivity contribution in [2.75, 3.05) is 0 Å². The zero-order valence-electron chi connectivity index (χ0n) is 12.5. The summed E-state index contributed by atoms with van der Waals surface area (Å²) in [5, 5.41) is 16.4. The third kappa shape index (κ3) is 4.16. The summed E-state index contributed by atoms with van der Waals surface area (Å²) >= 11 is 0. The van der Waals surface area contributed by atoms with Crippen molar-refractivity contribution in [3.8, 4) is 0 Å². The summed E-state index contributed by atoms with van der Waals surface area (Å²) in [7, 11) is 0. The monoisotopic (exact) mass is 281 g/mol. The molecule has 0 aliphatic carbocycles. The largest absolute Gasteiger partial charge is 0.391 e. The lowest BCUT2D eigenvalue weighted by Gasteiger charge is -2.29. The van der Waals surface area contributed by atoms with Crippen LogP contribution in [0.15, 0.2) is 16.9 Å². The van der Waals surface area contributed by atoms with Crippen molar-refractivity contribution in [3.05, 3.63) is 28.2 Å². The number of carbonyl (C=O) groups excluding carboxylic acids is 1. The normalized spacial score (nSPS) is 13.1. The molecular formula is C14H23N3O3. The van der Waals surface area contributed by atoms with E-state index >= 15 is 0 Å². The molecular weight excluding hydrogens is 258 g/mol. The molecule has 0 fully saturated rings. The van der Waals surface area contributed by atoms with Crippen LogP contribution < -0.4 is 10.9 Å². The molecule has 0 spiro atoms. The molecule has 0 saturated carbocycles. The van der Waals surface area contributed by atoms with Crippen molar-refractivity contribution in [1.29, 1.82) is 0 Å². The van der Waals surface area contributed by atoms with Gasteiger partial charge >= 0.3 is 0 Å². The quantitative estimate of drug-likeness (QED) is 0.812. The van der Waals surface area contributed by atoms with Crippen molar-refractivity contribution in [1.82, 2.24) is 15.1 Å². The lowest BCUT2D eigenvalue weighted by atomic mass is 9.98. The van der Waals surface area contributed by atoms with Gasteiger partial charge in [0.25, 0.3) is 11.5 Å². The first-order valence-electron chi connectivity index (χ1n) is 6.86. The molecule has 0 aliphatic heterocycles. The minimum Gasteiger partial charge on any atom is -0.391 e. The lowest BCUT2D eigenvalue weighted by Crippen LogP contribution is -2.51. The number of hydrogen-bond acceptors (Lipinski definition) is 4. The summed E-state index contributed by atoms with van der Waals surface area (Å²) in [6, 6.07) is 2.74. The third-order valence-electron chi connectivity index (χ3n) is 3.30. The summed E-state index contributed by atoms with van der Waals surface area (Å²) in [5.74, 6) is -0.402. The highest BCUT2D eigenvalue weighted by Crippen LogP contribution is 2.09. The predicted molar refractivity (Wildman–Crippen MR) is 76.6 cm³/mol. The van der Waals surface area contributed by atoms with Gasteiger partial charge in [0.1, 0.15) is 5.69 Å². The molecule has 0 bridgehead atoms. The second-order valence-corrected chi connectivity index (χ2v) is 5.49. The number of nitrogens with zero attached hydrogens (tertiary/aromatic N) is 2. The van der Waals surface area contributed by atoms with E-state index in [1.165, 1.54) is 16.8 Å². The fraction of sp³-hybridized carbons (Fsp3) is 0.643. The number of carbonyl (C=O) groups is 1. The van der Waals surface area contributed by atoms with Crippen molar-refractivity contribution in [2.45, 2.75) is 58.7 Å². The molecule has 1 unspecified atom stereocenters. The first-order chi connectivity index (χ1) is 9.27. The molecule has 2 N–H and O–H groups in total. The van der Waals surface area contributed by atoms with E-state index in [-0.39, 0.29) is 11.3 Å². The van der Waals surface area contributed by atoms with Gasteiger partial charge in [-0.15, -0.1) is 0 Å². The molecule has 1 amide bonds. The minimum absolute atomic E-state index is 0.175. The lowest BCUT2D eigenvalue weighted by molar-refractivity contribution is 0.0703. The van der Waals surface area contributed by atoms with Crippen molar-refractivity contribution in [3.63, 3.8) is 0 Å². The first kappa shape index (κ1) is 16.4. The van der Waals surface area contributed by atoms with Crippen LogP contribution in [0, 0.1) is 0 Å². The highest BCUT2D eigenvalue weighted by Gasteiger charge is 2.27. The van der Waals surface area contributed by atoms with Gasteiger partial charge in [-0.3, -0.25) is 9.59 Å². The Kier molecular flexibility index (Phi) is 5.44. The standard InChI is InChI=1S/C14H23N3O3/c1-5-6-9-17-12(19)8-7-11(16-17)13(20)15-14(3,4)10(2)18/h7-8,10,18H,5-6,9H2,1-4H3,(H,15,20). The molecule has 1 atom stereocenters. The Hall–Kier alpha value is -1.69. The maximum absolute atomic E-state index is 12.1. The van der Waals surface area contributed by atoms with Gasteiger partial charge in [0.05, 0.1) is 11.6 Å². The van der Waals surface area contributed by atoms with E-state index in [0.29, 0.717) is 6.54 Å². The van der Waals surface area contributed by atoms with E-state index in [0.717, 1.165) is 12.8 Å². The second kappa shape index (κ2) is 6.65. The number of nitrogens with one attached hydrogen (secondary N) is 1. The Morgan fingerprint density at radius 1 is 1.50 bits per heavy atom. The summed E-state index contributed by atoms with van der Waals surface area (Å²) in [6.07, 6.45) is 1.08. The summed E-state index contributed by atoms with van der Waals surface area (Å²) in [4.78, 5) is 23.7. The van der Waals surface area contributed by atoms with E-state index in [1.807, 2.05) is 6.92 Å². The van der Waals surface area contributed by atoms with Crippen LogP contribution in [0.4, 0.5) is 0 Å². The maximum atomic E-state index is 12.1. The zero-order valence-corrected chi connectivity index (χ0v) is 12.5. The molecule has 1 heterocycles. The summed E-state index contributed by atoms with van der Waals surface area (Å²) in [5.41, 5.74) is -0.803. The van der Waals surface area contributed by atoms with Crippen LogP contribution in [-0.4, -0.2) is 32.4 Å². The molecule has 112 valence electrons. The van der Waals surface area contributed by atoms with Crippen LogP contribution in [0.1, 0.15) is 51.0 Å². The molecule has 1 aromatic heterocycles. The van der Waals surface area contributed by atoms with Crippen LogP contribution in [-0.2, 0) is 6.54 Å². The number of hydrogen-bond donors (Lipinski definition) is 2. The molecule has 1 aromatic rings. The number of aliphatic hydroxyl groups is 1. The Bertz CT molecular complexity index is 521. The molecule has 20 heavy (non-hydrogen) atoms. The number of aromatic nitrogens is 2. The third-order valence-corrected chi connectivity index (χ3v) is 3.30. The molecule has 1 rings (SSSR count). The molecule has 0 aromatic carbocycles. The highest BCUT2D eigenvalue weighted by atomic mass is 16.3. The van der Waals surface area contributed by atoms with Crippen molar-refractivity contribution < 1.29 is 9.90 Å². The van der Waals surface area contributed by atoms with Gasteiger partial charge in [-0.05, 0) is 33.3 Å². The minimum atomic E-state index is -0.761. The van der Waals surface area contributed by atoms with E-state index in [2.05, 4.69) is 10.4 Å². The smallest absolute Gasteiger partial charge is 0.272 e. The average Bonchev–Trinajstić information content (AvgIpc) is 2.37. The second-order valence-electron chi connectivity index (χ2n) is 5.49. The van der Waals surface area contributed by atoms with Crippen molar-refractivity contribution >= 4 is 5.91 Å². The molecule has 0 aliphatic rings. The number of amides is 1. The van der Waals surface area contributed by atoms with Gasteiger partial charge in [-0.1, -0.05) is 13.3 Å². The average molecular weight is 281 g/mol. The van der Waals surface area contributed by atoms with Gasteiger partial charge in [0.2, 0.25) is 0 Å². The SMILES string of the molecule is CCCCn1nc(C(=O)NC(C)(C)C(C)O)ccc1=O. The summed E-state index contributed by atoms with van der Waals surface area (Å²) in [6.45, 7) is 7.57. The van der Waals surface area contributed by atoms with Crippen LogP contribution in [0.5, 0.6) is 0 Å². The van der Waals surface area contributed by atoms with Crippen LogP contribution in [0.25, 0.3) is 0 Å². The maximum Gasteiger partial charge on any atom is 0.272 e. The Morgan fingerprint density at radius 3 is 2.70 bits per heavy atom. The van der Waals surface area contributed by atoms with Gasteiger partial charge < -0.3 is 10.4 Å². The Balaban J connectivity index is 2.91. The van der Waals surface area contributed by atoms with Gasteiger partial charge in [-0.2, -0.15) is 5.10 Å². The number of rotatable bonds is 6. The van der Waals surface area contributed by atoms with Gasteiger partial charge in [-0.25, -0.2) is 4.68 Å². The highest BCUT2D eigenvalue weighted by molar-refractivity contribution is 5.92. The summed E-state index contributed by atoms with van der Waals surface area (Å²) < 4.78 is 1.30. The van der Waals surface area contributed by atoms with Crippen molar-refractivity contribution in [2.24, 2.45) is 0 Å². The molecule has 6 nitrogen and oxygen atoms in total. The number of unbranched alkanes of at least 4 members (excludes halogenated alkanes) is 1. The first-order valence-corrected chi connectivity index (χ1v) is 6.86. The van der Waals surface area contributed by atoms with E-state index in [1.54, 1.807) is 20.8 Å². The van der Waals surface area contributed by atoms with E-state index in [4.69, 9.17) is 0 Å². The fourth-order valence-electron chi connectivity index (χ4n) is 1.50. The number of aryl methyl sites for hydroxylation is 1. The predicted octanol–water partition coefficient (Wildman–Crippen LogP) is 0.933. The van der Waals surface area contributed by atoms with E-state index in [9.17, 15) is 14.7 Å². The van der Waals surface area contributed by atoms with Crippen LogP contribution in [0.3, 0.4) is 0 Å². The Morgan fingerprint density at radius 2 is 2.15 bits per heavy atom. The molecule has 0 radical (unpaired) electrons. The zero-order chi connectivity index (χ0) is 15.3. The van der Waals surface area contributed by atoms with Gasteiger partial charge in [0, 0.05) is 12.6 Å².